The highest BCUT2D eigenvalue weighted by atomic mass is 16.7. The lowest BCUT2D eigenvalue weighted by molar-refractivity contribution is -0.268. The number of aliphatic hydroxyl groups is 3. The topological polar surface area (TPSA) is 200 Å². The third-order valence-corrected chi connectivity index (χ3v) is 5.48. The van der Waals surface area contributed by atoms with Crippen molar-refractivity contribution in [2.24, 2.45) is 0 Å². The zero-order valence-corrected chi connectivity index (χ0v) is 17.9. The van der Waals surface area contributed by atoms with Gasteiger partial charge in [0.2, 0.25) is 23.2 Å². The molecule has 2 heterocycles. The van der Waals surface area contributed by atoms with Crippen molar-refractivity contribution >= 4 is 11.0 Å². The van der Waals surface area contributed by atoms with E-state index in [4.69, 9.17) is 18.6 Å². The fourth-order valence-corrected chi connectivity index (χ4v) is 3.73. The number of rotatable bonds is 4. The summed E-state index contributed by atoms with van der Waals surface area (Å²) < 4.78 is 21.6. The van der Waals surface area contributed by atoms with Gasteiger partial charge in [-0.1, -0.05) is 0 Å². The van der Waals surface area contributed by atoms with Gasteiger partial charge in [0.25, 0.3) is 0 Å². The number of hydrogen-bond donors (Lipinski definition) is 7. The molecule has 1 aliphatic heterocycles. The molecule has 0 spiro atoms. The summed E-state index contributed by atoms with van der Waals surface area (Å²) >= 11 is 0. The molecule has 1 aliphatic rings. The van der Waals surface area contributed by atoms with E-state index in [0.29, 0.717) is 0 Å². The number of phenols is 4. The summed E-state index contributed by atoms with van der Waals surface area (Å²) in [6, 6.07) is 4.15. The zero-order valence-electron chi connectivity index (χ0n) is 17.9. The zero-order chi connectivity index (χ0) is 24.9. The molecule has 7 N–H and O–H groups in total. The van der Waals surface area contributed by atoms with Crippen LogP contribution in [0.3, 0.4) is 0 Å². The van der Waals surface area contributed by atoms with Crippen LogP contribution in [0.4, 0.5) is 0 Å². The Balaban J connectivity index is 1.94. The molecule has 1 fully saturated rings. The van der Waals surface area contributed by atoms with Crippen molar-refractivity contribution in [3.63, 3.8) is 0 Å². The molecular formula is C22H22O12. The molecule has 34 heavy (non-hydrogen) atoms. The fourth-order valence-electron chi connectivity index (χ4n) is 3.73. The highest BCUT2D eigenvalue weighted by molar-refractivity contribution is 5.88. The monoisotopic (exact) mass is 478 g/mol. The van der Waals surface area contributed by atoms with Gasteiger partial charge in [-0.15, -0.1) is 0 Å². The lowest BCUT2D eigenvalue weighted by atomic mass is 10.00. The Morgan fingerprint density at radius 2 is 1.50 bits per heavy atom. The van der Waals surface area contributed by atoms with E-state index in [1.807, 2.05) is 0 Å². The minimum absolute atomic E-state index is 0.0773. The van der Waals surface area contributed by atoms with Crippen LogP contribution in [0, 0.1) is 0 Å². The van der Waals surface area contributed by atoms with Gasteiger partial charge in [0.05, 0.1) is 13.2 Å². The molecule has 1 aromatic heterocycles. The van der Waals surface area contributed by atoms with Gasteiger partial charge in [-0.3, -0.25) is 4.79 Å². The Morgan fingerprint density at radius 1 is 0.853 bits per heavy atom. The van der Waals surface area contributed by atoms with E-state index in [2.05, 4.69) is 0 Å². The smallest absolute Gasteiger partial charge is 0.239 e. The highest BCUT2D eigenvalue weighted by Gasteiger charge is 2.44. The van der Waals surface area contributed by atoms with Gasteiger partial charge in [-0.2, -0.15) is 0 Å². The molecule has 5 atom stereocenters. The Morgan fingerprint density at radius 3 is 2.12 bits per heavy atom. The molecule has 5 unspecified atom stereocenters. The quantitative estimate of drug-likeness (QED) is 0.274. The van der Waals surface area contributed by atoms with Crippen LogP contribution >= 0.6 is 0 Å². The van der Waals surface area contributed by atoms with Gasteiger partial charge in [-0.25, -0.2) is 0 Å². The second kappa shape index (κ2) is 8.57. The summed E-state index contributed by atoms with van der Waals surface area (Å²) in [5.74, 6) is -3.30. The van der Waals surface area contributed by atoms with Crippen molar-refractivity contribution in [2.75, 3.05) is 7.11 Å². The number of aliphatic hydroxyl groups excluding tert-OH is 3. The summed E-state index contributed by atoms with van der Waals surface area (Å²) in [5, 5.41) is 70.4. The summed E-state index contributed by atoms with van der Waals surface area (Å²) in [4.78, 5) is 13.3. The minimum Gasteiger partial charge on any atom is -0.508 e. The Hall–Kier alpha value is -3.71. The number of phenolic OH excluding ortho intramolecular Hbond substituents is 4. The number of methoxy groups -OCH3 is 1. The summed E-state index contributed by atoms with van der Waals surface area (Å²) in [5.41, 5.74) is -1.28. The average molecular weight is 478 g/mol. The van der Waals surface area contributed by atoms with Crippen LogP contribution in [-0.2, 0) is 4.74 Å². The van der Waals surface area contributed by atoms with Crippen molar-refractivity contribution in [1.29, 1.82) is 0 Å². The molecule has 0 radical (unpaired) electrons. The summed E-state index contributed by atoms with van der Waals surface area (Å²) in [7, 11) is 1.22. The third-order valence-electron chi connectivity index (χ3n) is 5.48. The van der Waals surface area contributed by atoms with Crippen LogP contribution in [0.15, 0.2) is 33.5 Å². The maximum atomic E-state index is 13.3. The van der Waals surface area contributed by atoms with Gasteiger partial charge in [-0.05, 0) is 19.1 Å². The Labute approximate surface area is 191 Å². The molecule has 0 saturated carbocycles. The normalized spacial score (nSPS) is 24.8. The van der Waals surface area contributed by atoms with E-state index in [-0.39, 0.29) is 28.0 Å². The van der Waals surface area contributed by atoms with Crippen LogP contribution in [-0.4, -0.2) is 73.6 Å². The minimum atomic E-state index is -1.78. The fraction of sp³-hybridized carbons (Fsp3) is 0.318. The van der Waals surface area contributed by atoms with Crippen LogP contribution in [0.1, 0.15) is 6.92 Å². The molecule has 12 heteroatoms. The second-order valence-corrected chi connectivity index (χ2v) is 7.77. The first kappa shape index (κ1) is 23.4. The molecule has 3 aromatic rings. The highest BCUT2D eigenvalue weighted by Crippen LogP contribution is 2.43. The second-order valence-electron chi connectivity index (χ2n) is 7.77. The van der Waals surface area contributed by atoms with Crippen molar-refractivity contribution in [2.45, 2.75) is 37.6 Å². The van der Waals surface area contributed by atoms with Gasteiger partial charge in [0.1, 0.15) is 40.8 Å². The number of aromatic hydroxyl groups is 4. The van der Waals surface area contributed by atoms with Gasteiger partial charge >= 0.3 is 0 Å². The molecule has 1 saturated heterocycles. The van der Waals surface area contributed by atoms with Gasteiger partial charge in [0, 0.05) is 17.7 Å². The standard InChI is InChI=1S/C22H22O12/c1-7-15(27)17(29)18(30)22(32-7)34-21-16(28)14-10(24)5-9(23)6-13(14)33-19(21)8-3-11(25)20(31-2)12(26)4-8/h3-7,15,17-18,22-27,29-30H,1-2H3. The average Bonchev–Trinajstić information content (AvgIpc) is 2.76. The lowest BCUT2D eigenvalue weighted by Gasteiger charge is -2.38. The van der Waals surface area contributed by atoms with Crippen LogP contribution in [0.25, 0.3) is 22.3 Å². The predicted molar refractivity (Wildman–Crippen MR) is 114 cm³/mol. The van der Waals surface area contributed by atoms with E-state index in [0.717, 1.165) is 24.3 Å². The molecule has 0 aliphatic carbocycles. The molecule has 4 rings (SSSR count). The third kappa shape index (κ3) is 3.82. The summed E-state index contributed by atoms with van der Waals surface area (Å²) in [6.07, 6.45) is -7.50. The maximum Gasteiger partial charge on any atom is 0.239 e. The van der Waals surface area contributed by atoms with Crippen LogP contribution < -0.4 is 14.9 Å². The van der Waals surface area contributed by atoms with Crippen molar-refractivity contribution in [1.82, 2.24) is 0 Å². The van der Waals surface area contributed by atoms with E-state index in [9.17, 15) is 40.5 Å². The Bertz CT molecular complexity index is 1280. The van der Waals surface area contributed by atoms with E-state index in [1.165, 1.54) is 14.0 Å². The Kier molecular flexibility index (Phi) is 5.91. The number of fused-ring (bicyclic) bond motifs is 1. The molecular weight excluding hydrogens is 456 g/mol. The predicted octanol–water partition coefficient (Wildman–Crippen LogP) is 0.497. The number of hydrogen-bond acceptors (Lipinski definition) is 12. The van der Waals surface area contributed by atoms with Crippen molar-refractivity contribution in [3.05, 3.63) is 34.5 Å². The first-order valence-corrected chi connectivity index (χ1v) is 10.0. The molecule has 0 amide bonds. The van der Waals surface area contributed by atoms with Gasteiger partial charge < -0.3 is 54.4 Å². The van der Waals surface area contributed by atoms with E-state index in [1.54, 1.807) is 0 Å². The maximum absolute atomic E-state index is 13.3. The molecule has 0 bridgehead atoms. The first-order valence-electron chi connectivity index (χ1n) is 10.0. The largest absolute Gasteiger partial charge is 0.508 e. The van der Waals surface area contributed by atoms with Crippen LogP contribution in [0.2, 0.25) is 0 Å². The lowest BCUT2D eigenvalue weighted by Crippen LogP contribution is -2.58. The van der Waals surface area contributed by atoms with Crippen molar-refractivity contribution < 1.29 is 54.4 Å². The molecule has 182 valence electrons. The summed E-state index contributed by atoms with van der Waals surface area (Å²) in [6.45, 7) is 1.41. The van der Waals surface area contributed by atoms with E-state index >= 15 is 0 Å². The number of ether oxygens (including phenoxy) is 3. The van der Waals surface area contributed by atoms with E-state index < -0.39 is 64.9 Å². The SMILES string of the molecule is COc1c(O)cc(-c2oc3cc(O)cc(O)c3c(=O)c2OC2OC(C)C(O)C(O)C2O)cc1O. The van der Waals surface area contributed by atoms with Crippen LogP contribution in [0.5, 0.6) is 34.5 Å². The molecule has 12 nitrogen and oxygen atoms in total. The molecule has 2 aromatic carbocycles. The van der Waals surface area contributed by atoms with Gasteiger partial charge in [0.15, 0.2) is 17.3 Å². The first-order chi connectivity index (χ1) is 16.0. The number of benzene rings is 2. The van der Waals surface area contributed by atoms with Crippen molar-refractivity contribution in [3.8, 4) is 45.8 Å².